The van der Waals surface area contributed by atoms with E-state index >= 15 is 0 Å². The fraction of sp³-hybridized carbons (Fsp3) is 0.542. The molecule has 0 heterocycles. The predicted molar refractivity (Wildman–Crippen MR) is 266 cm³/mol. The quantitative estimate of drug-likeness (QED) is 0.105. The molecule has 0 aromatic heterocycles. The van der Waals surface area contributed by atoms with Crippen LogP contribution in [0.15, 0.2) is 34.9 Å². The molecule has 1 aliphatic carbocycles. The number of allylic oxidation sites excluding steroid dienone is 4. The van der Waals surface area contributed by atoms with Gasteiger partial charge in [-0.2, -0.15) is 11.1 Å². The summed E-state index contributed by atoms with van der Waals surface area (Å²) in [6.07, 6.45) is 4.38. The Hall–Kier alpha value is -2.86. The van der Waals surface area contributed by atoms with Crippen molar-refractivity contribution in [1.82, 2.24) is 0 Å². The molecule has 3 aromatic rings. The first-order valence-corrected chi connectivity index (χ1v) is 22.5. The van der Waals surface area contributed by atoms with Gasteiger partial charge in [-0.15, -0.1) is 6.92 Å². The summed E-state index contributed by atoms with van der Waals surface area (Å²) in [4.78, 5) is 21.1. The molecule has 0 saturated carbocycles. The van der Waals surface area contributed by atoms with Gasteiger partial charge in [-0.3, -0.25) is 6.08 Å². The van der Waals surface area contributed by atoms with Gasteiger partial charge in [0.2, 0.25) is 0 Å². The smallest absolute Gasteiger partial charge is 1.00 e. The van der Waals surface area contributed by atoms with Crippen molar-refractivity contribution in [3.8, 4) is 0 Å². The van der Waals surface area contributed by atoms with E-state index in [4.69, 9.17) is 0 Å². The Morgan fingerprint density at radius 1 is 0.387 bits per heavy atom. The first-order valence-electron chi connectivity index (χ1n) is 20.5. The second kappa shape index (κ2) is 21.4. The minimum Gasteiger partial charge on any atom is -1.00 e. The van der Waals surface area contributed by atoms with E-state index in [9.17, 15) is 0 Å². The maximum atomic E-state index is 4.38. The Kier molecular flexibility index (Phi) is 20.4. The van der Waals surface area contributed by atoms with Gasteiger partial charge in [-0.1, -0.05) is 25.8 Å². The molecule has 0 spiro atoms. The molecular weight excluding hydrogens is 885 g/mol. The number of aryl methyl sites for hydroxylation is 3. The van der Waals surface area contributed by atoms with Gasteiger partial charge in [0.25, 0.3) is 0 Å². The molecule has 0 N–H and O–H groups in total. The number of halogens is 3. The molecule has 0 fully saturated rings. The Morgan fingerprint density at radius 3 is 0.774 bits per heavy atom. The molecule has 3 aromatic carbocycles. The Bertz CT molecular complexity index is 1950. The average Bonchev–Trinajstić information content (AvgIpc) is 3.30. The van der Waals surface area contributed by atoms with Crippen molar-refractivity contribution >= 4 is 74.8 Å². The van der Waals surface area contributed by atoms with E-state index in [1.165, 1.54) is 100 Å². The second-order valence-electron chi connectivity index (χ2n) is 18.8. The van der Waals surface area contributed by atoms with Gasteiger partial charge in [0, 0.05) is 127 Å². The molecular formula is C48H78Cl3N9SiTi. The van der Waals surface area contributed by atoms with Gasteiger partial charge in [-0.05, 0) is 71.2 Å². The summed E-state index contributed by atoms with van der Waals surface area (Å²) in [6, 6.07) is 7.41. The first kappa shape index (κ1) is 59.1. The first-order chi connectivity index (χ1) is 26.6. The molecule has 9 nitrogen and oxygen atoms in total. The zero-order valence-electron chi connectivity index (χ0n) is 42.9. The number of hydrogen-bond donors (Lipinski definition) is 0. The van der Waals surface area contributed by atoms with E-state index in [-0.39, 0.29) is 58.9 Å². The van der Waals surface area contributed by atoms with Gasteiger partial charge in [0.1, 0.15) is 0 Å². The van der Waals surface area contributed by atoms with Crippen LogP contribution in [-0.4, -0.2) is 135 Å². The molecule has 0 bridgehead atoms. The fourth-order valence-electron chi connectivity index (χ4n) is 10.1. The third-order valence-corrected chi connectivity index (χ3v) is 18.8. The summed E-state index contributed by atoms with van der Waals surface area (Å²) in [7, 11) is 36.2. The van der Waals surface area contributed by atoms with Crippen LogP contribution in [0.25, 0.3) is 0 Å². The molecule has 62 heavy (non-hydrogen) atoms. The zero-order valence-corrected chi connectivity index (χ0v) is 47.7. The van der Waals surface area contributed by atoms with Crippen LogP contribution in [-0.2, 0) is 21.7 Å². The van der Waals surface area contributed by atoms with E-state index < -0.39 is 13.1 Å². The van der Waals surface area contributed by atoms with Crippen molar-refractivity contribution in [3.05, 3.63) is 57.7 Å². The third-order valence-electron chi connectivity index (χ3n) is 12.7. The number of nitrogens with zero attached hydrogens (tertiary/aromatic N) is 9. The SMILES string of the molecule is CC1=[C-]C(C)([Si](c2c(C)cc(N(C)C)c(N(C)C)c2N(C)C)(c2c(C)cc(N(C)C)c(N(C)C)c2N(C)C)c2c(C)cc(N(C)C)c(N(C)C)c2N(C)C)C(C)=C1C.[Cl-].[Cl-].[Cl-].[Ti+4]. The van der Waals surface area contributed by atoms with Crippen LogP contribution in [0, 0.1) is 26.8 Å². The Balaban J connectivity index is 0.00000930. The summed E-state index contributed by atoms with van der Waals surface area (Å²) in [5, 5.41) is 3.74. The summed E-state index contributed by atoms with van der Waals surface area (Å²) in [6.45, 7) is 16.7. The second-order valence-corrected chi connectivity index (χ2v) is 22.8. The van der Waals surface area contributed by atoms with Crippen LogP contribution in [0.4, 0.5) is 51.2 Å². The molecule has 0 aliphatic heterocycles. The third kappa shape index (κ3) is 9.30. The van der Waals surface area contributed by atoms with E-state index in [1.54, 1.807) is 0 Å². The summed E-state index contributed by atoms with van der Waals surface area (Å²) < 4.78 is 0. The maximum Gasteiger partial charge on any atom is 4.00 e. The summed E-state index contributed by atoms with van der Waals surface area (Å²) in [5.74, 6) is 0. The van der Waals surface area contributed by atoms with Crippen LogP contribution in [0.5, 0.6) is 0 Å². The molecule has 0 amide bonds. The molecule has 344 valence electrons. The van der Waals surface area contributed by atoms with Crippen LogP contribution in [0.1, 0.15) is 44.4 Å². The molecule has 1 unspecified atom stereocenters. The fourth-order valence-corrected chi connectivity index (χ4v) is 17.6. The van der Waals surface area contributed by atoms with Gasteiger partial charge in [0.15, 0.2) is 8.07 Å². The normalized spacial score (nSPS) is 14.4. The number of hydrogen-bond acceptors (Lipinski definition) is 9. The van der Waals surface area contributed by atoms with Crippen molar-refractivity contribution in [3.63, 3.8) is 0 Å². The number of anilines is 9. The van der Waals surface area contributed by atoms with Crippen molar-refractivity contribution < 1.29 is 58.9 Å². The van der Waals surface area contributed by atoms with Crippen LogP contribution in [0.2, 0.25) is 5.04 Å². The zero-order chi connectivity index (χ0) is 44.4. The molecule has 0 saturated heterocycles. The predicted octanol–water partition coefficient (Wildman–Crippen LogP) is -2.45. The van der Waals surface area contributed by atoms with Gasteiger partial charge < -0.3 is 81.3 Å². The van der Waals surface area contributed by atoms with Crippen LogP contribution < -0.4 is 96.9 Å². The van der Waals surface area contributed by atoms with Crippen LogP contribution >= 0.6 is 0 Å². The molecule has 1 aliphatic rings. The van der Waals surface area contributed by atoms with E-state index in [1.807, 2.05) is 0 Å². The van der Waals surface area contributed by atoms with Crippen LogP contribution in [0.3, 0.4) is 0 Å². The maximum absolute atomic E-state index is 4.38. The standard InChI is InChI=1S/C48H78N9Si.3ClH.Ti/c1-30-26-36(49(8)9)39(52(14)15)42(55(20)21)45(30)58(48(7)29-33(4)34(5)35(48)6,46-31(2)27-37(50(10)11)40(53(16)17)43(46)56(22)23)47-32(3)28-38(51(12)13)41(54(18)19)44(47)57(24)25;;;;/h26-28H,1-25H3;3*1H;/q-1;;;;+4/p-3. The largest absolute Gasteiger partial charge is 4.00 e. The van der Waals surface area contributed by atoms with Crippen molar-refractivity contribution in [2.45, 2.75) is 53.5 Å². The topological polar surface area (TPSA) is 29.2 Å². The molecule has 1 atom stereocenters. The van der Waals surface area contributed by atoms with E-state index in [0.29, 0.717) is 0 Å². The van der Waals surface area contributed by atoms with Gasteiger partial charge in [-0.25, -0.2) is 5.57 Å². The van der Waals surface area contributed by atoms with Crippen molar-refractivity contribution in [2.24, 2.45) is 0 Å². The van der Waals surface area contributed by atoms with Crippen molar-refractivity contribution in [2.75, 3.05) is 171 Å². The Labute approximate surface area is 413 Å². The number of rotatable bonds is 13. The minimum absolute atomic E-state index is 0. The number of benzene rings is 3. The molecule has 0 radical (unpaired) electrons. The molecule has 4 rings (SSSR count). The summed E-state index contributed by atoms with van der Waals surface area (Å²) >= 11 is 0. The minimum atomic E-state index is -3.57. The van der Waals surface area contributed by atoms with E-state index in [2.05, 4.69) is 244 Å². The monoisotopic (exact) mass is 961 g/mol. The molecule has 14 heteroatoms. The summed E-state index contributed by atoms with van der Waals surface area (Å²) in [5.41, 5.74) is 18.9. The van der Waals surface area contributed by atoms with Crippen molar-refractivity contribution in [1.29, 1.82) is 0 Å². The van der Waals surface area contributed by atoms with E-state index in [0.717, 1.165) is 0 Å². The Morgan fingerprint density at radius 2 is 0.613 bits per heavy atom. The average molecular weight is 964 g/mol. The van der Waals surface area contributed by atoms with Gasteiger partial charge in [0.05, 0.1) is 51.2 Å². The van der Waals surface area contributed by atoms with Gasteiger partial charge >= 0.3 is 21.7 Å².